The Morgan fingerprint density at radius 1 is 0.985 bits per heavy atom. The van der Waals surface area contributed by atoms with Gasteiger partial charge in [-0.25, -0.2) is 18.2 Å². The van der Waals surface area contributed by atoms with Gasteiger partial charge in [0.15, 0.2) is 0 Å². The molecule has 3 aliphatic heterocycles. The minimum Gasteiger partial charge on any atom is -0.489 e. The van der Waals surface area contributed by atoms with Crippen molar-refractivity contribution in [3.63, 3.8) is 0 Å². The fourth-order valence-electron chi connectivity index (χ4n) is 10.8. The van der Waals surface area contributed by atoms with Crippen LogP contribution in [0.3, 0.4) is 0 Å². The van der Waals surface area contributed by atoms with E-state index in [2.05, 4.69) is 26.8 Å². The second kappa shape index (κ2) is 19.3. The van der Waals surface area contributed by atoms with E-state index in [1.54, 1.807) is 20.1 Å². The Labute approximate surface area is 388 Å². The van der Waals surface area contributed by atoms with E-state index in [9.17, 15) is 22.8 Å². The summed E-state index contributed by atoms with van der Waals surface area (Å²) < 4.78 is 53.0. The van der Waals surface area contributed by atoms with Gasteiger partial charge in [0.1, 0.15) is 41.7 Å². The lowest BCUT2D eigenvalue weighted by molar-refractivity contribution is -0.142. The number of sulfonamides is 1. The maximum Gasteiger partial charge on any atom is 0.408 e. The first-order valence-electron chi connectivity index (χ1n) is 24.6. The van der Waals surface area contributed by atoms with Crippen molar-refractivity contribution in [3.05, 3.63) is 42.5 Å². The Morgan fingerprint density at radius 3 is 2.42 bits per heavy atom. The zero-order valence-corrected chi connectivity index (χ0v) is 39.4. The summed E-state index contributed by atoms with van der Waals surface area (Å²) in [4.78, 5) is 66.5. The van der Waals surface area contributed by atoms with Crippen LogP contribution in [0.4, 0.5) is 4.79 Å². The molecular weight excluding hydrogens is 865 g/mol. The molecule has 66 heavy (non-hydrogen) atoms. The van der Waals surface area contributed by atoms with Crippen molar-refractivity contribution in [1.82, 2.24) is 30.1 Å². The predicted molar refractivity (Wildman–Crippen MR) is 246 cm³/mol. The minimum absolute atomic E-state index is 0.00244. The monoisotopic (exact) mass is 932 g/mol. The van der Waals surface area contributed by atoms with Gasteiger partial charge in [-0.05, 0) is 102 Å². The minimum atomic E-state index is -4.01. The van der Waals surface area contributed by atoms with Crippen molar-refractivity contribution < 1.29 is 46.5 Å². The second-order valence-corrected chi connectivity index (χ2v) is 22.5. The molecule has 2 aromatic rings. The molecule has 4 amide bonds. The number of amides is 4. The van der Waals surface area contributed by atoms with Gasteiger partial charge in [0.25, 0.3) is 5.91 Å². The van der Waals surface area contributed by atoms with E-state index in [0.29, 0.717) is 37.3 Å². The van der Waals surface area contributed by atoms with Crippen LogP contribution in [0.15, 0.2) is 36.9 Å². The van der Waals surface area contributed by atoms with Crippen LogP contribution >= 0.6 is 0 Å². The molecule has 2 bridgehead atoms. The second-order valence-electron chi connectivity index (χ2n) is 20.3. The number of nitrogens with zero attached hydrogens (tertiary/aromatic N) is 3. The molecule has 0 radical (unpaired) electrons. The number of methoxy groups -OCH3 is 1. The Bertz CT molecular complexity index is 2280. The molecule has 4 saturated carbocycles. The topological polar surface area (TPSA) is 195 Å². The predicted octanol–water partition coefficient (Wildman–Crippen LogP) is 5.31. The van der Waals surface area contributed by atoms with Gasteiger partial charge in [0.2, 0.25) is 27.7 Å². The molecule has 17 heteroatoms. The number of aromatic nitrogens is 1. The molecule has 0 spiro atoms. The van der Waals surface area contributed by atoms with Crippen LogP contribution in [-0.2, 0) is 40.3 Å². The number of pyridine rings is 1. The molecule has 0 unspecified atom stereocenters. The Morgan fingerprint density at radius 2 is 1.71 bits per heavy atom. The van der Waals surface area contributed by atoms with Crippen molar-refractivity contribution >= 4 is 44.7 Å². The van der Waals surface area contributed by atoms with Gasteiger partial charge in [-0.2, -0.15) is 0 Å². The molecule has 16 nitrogen and oxygen atoms in total. The van der Waals surface area contributed by atoms with E-state index in [-0.39, 0.29) is 43.4 Å². The third-order valence-electron chi connectivity index (χ3n) is 15.6. The Hall–Kier alpha value is -4.48. The summed E-state index contributed by atoms with van der Waals surface area (Å²) in [5.41, 5.74) is -0.00404. The highest BCUT2D eigenvalue weighted by molar-refractivity contribution is 7.91. The van der Waals surface area contributed by atoms with E-state index >= 15 is 4.79 Å². The van der Waals surface area contributed by atoms with Crippen LogP contribution in [-0.4, -0.2) is 128 Å². The summed E-state index contributed by atoms with van der Waals surface area (Å²) in [7, 11) is -2.29. The van der Waals surface area contributed by atoms with Crippen LogP contribution < -0.4 is 24.8 Å². The number of hydrogen-bond acceptors (Lipinski definition) is 12. The highest BCUT2D eigenvalue weighted by atomic mass is 32.2. The molecule has 6 fully saturated rings. The highest BCUT2D eigenvalue weighted by Crippen LogP contribution is 2.48. The molecular formula is C49H68N6O10S. The average molecular weight is 933 g/mol. The molecule has 7 aliphatic rings. The van der Waals surface area contributed by atoms with E-state index in [1.165, 1.54) is 4.90 Å². The number of carbonyl (C=O) groups is 4. The molecule has 4 heterocycles. The van der Waals surface area contributed by atoms with Gasteiger partial charge in [0, 0.05) is 44.5 Å². The van der Waals surface area contributed by atoms with Crippen molar-refractivity contribution in [1.29, 1.82) is 0 Å². The van der Waals surface area contributed by atoms with E-state index in [0.717, 1.165) is 113 Å². The number of benzene rings is 1. The first kappa shape index (κ1) is 46.6. The molecule has 3 N–H and O–H groups in total. The molecule has 7 atom stereocenters. The first-order chi connectivity index (χ1) is 31.8. The number of fused-ring (bicyclic) bond motifs is 5. The van der Waals surface area contributed by atoms with E-state index in [1.807, 2.05) is 24.3 Å². The third-order valence-corrected chi connectivity index (χ3v) is 17.8. The number of para-hydroxylation sites is 1. The van der Waals surface area contributed by atoms with Crippen LogP contribution in [0, 0.1) is 17.8 Å². The fourth-order valence-corrected chi connectivity index (χ4v) is 12.1. The summed E-state index contributed by atoms with van der Waals surface area (Å²) in [5, 5.41) is 6.78. The van der Waals surface area contributed by atoms with Crippen LogP contribution in [0.25, 0.3) is 10.9 Å². The van der Waals surface area contributed by atoms with Crippen molar-refractivity contribution in [2.75, 3.05) is 39.9 Å². The number of hydrogen-bond donors (Lipinski definition) is 3. The number of nitrogens with one attached hydrogen (secondary N) is 3. The Balaban J connectivity index is 1.05. The van der Waals surface area contributed by atoms with Gasteiger partial charge in [-0.3, -0.25) is 19.1 Å². The zero-order valence-electron chi connectivity index (χ0n) is 38.6. The number of ether oxygens (including phenoxy) is 4. The number of rotatable bonds is 12. The van der Waals surface area contributed by atoms with Gasteiger partial charge < -0.3 is 39.4 Å². The number of carbonyl (C=O) groups excluding carboxylic acids is 4. The molecule has 4 aliphatic carbocycles. The lowest BCUT2D eigenvalue weighted by atomic mass is 9.83. The summed E-state index contributed by atoms with van der Waals surface area (Å²) in [6, 6.07) is 5.82. The fraction of sp³-hybridized carbons (Fsp3) is 0.694. The van der Waals surface area contributed by atoms with E-state index < -0.39 is 68.2 Å². The van der Waals surface area contributed by atoms with E-state index in [4.69, 9.17) is 23.9 Å². The smallest absolute Gasteiger partial charge is 0.408 e. The summed E-state index contributed by atoms with van der Waals surface area (Å²) in [6.45, 7) is 8.80. The first-order valence-corrected chi connectivity index (χ1v) is 26.0. The Kier molecular flexibility index (Phi) is 13.6. The third kappa shape index (κ3) is 9.90. The molecule has 360 valence electrons. The van der Waals surface area contributed by atoms with Gasteiger partial charge in [-0.1, -0.05) is 50.3 Å². The van der Waals surface area contributed by atoms with Gasteiger partial charge in [0.05, 0.1) is 29.0 Å². The average Bonchev–Trinajstić information content (AvgIpc) is 4.28. The van der Waals surface area contributed by atoms with Crippen molar-refractivity contribution in [3.8, 4) is 11.6 Å². The quantitative estimate of drug-likeness (QED) is 0.233. The highest BCUT2D eigenvalue weighted by Gasteiger charge is 2.63. The molecule has 1 aromatic carbocycles. The molecule has 1 aromatic heterocycles. The summed E-state index contributed by atoms with van der Waals surface area (Å²) >= 11 is 0. The van der Waals surface area contributed by atoms with Crippen LogP contribution in [0.5, 0.6) is 11.6 Å². The molecule has 9 rings (SSSR count). The number of piperidine rings is 1. The summed E-state index contributed by atoms with van der Waals surface area (Å²) in [6.07, 6.45) is 12.1. The largest absolute Gasteiger partial charge is 0.489 e. The number of alkyl carbamates (subject to hydrolysis) is 1. The van der Waals surface area contributed by atoms with Crippen LogP contribution in [0.2, 0.25) is 0 Å². The maximum atomic E-state index is 15.2. The van der Waals surface area contributed by atoms with Crippen molar-refractivity contribution in [2.24, 2.45) is 17.8 Å². The molecule has 2 saturated heterocycles. The number of likely N-dealkylation sites (tertiary alicyclic amines) is 1. The SMILES string of the molecule is C=C[C@@H]1C[C@]1(NC(=O)[C@@H]1C[C@@H]2CN1C(=O)[C@H](C1CCCCC1)NC(=O)O[C@@H]1C[C@H]1CCCCCc1c(nc3ccccc3c1OC1CCN(CCOC)CC1)O2)C(=O)NS(=O)(=O)C1(C)CC1. The van der Waals surface area contributed by atoms with Crippen LogP contribution in [0.1, 0.15) is 115 Å². The van der Waals surface area contributed by atoms with Gasteiger partial charge >= 0.3 is 6.09 Å². The zero-order chi connectivity index (χ0) is 46.2. The lowest BCUT2D eigenvalue weighted by Gasteiger charge is -2.34. The van der Waals surface area contributed by atoms with Crippen molar-refractivity contribution in [2.45, 2.75) is 157 Å². The standard InChI is InChI=1S/C49H68N6O10S/c1-4-33-29-49(33,46(58)53-66(60,61)48(2)21-22-48)52-43(56)39-28-35-30-55(39)45(57)41(31-13-7-5-8-14-31)51-47(59)65-40-27-32(40)15-9-6-10-17-37-42(36-16-11-12-18-38(36)50-44(37)64-35)63-34-19-23-54(24-20-34)25-26-62-3/h4,11-12,16,18,31-35,39-41H,1,5-10,13-15,17,19-30H2,2-3H3,(H,51,59)(H,52,56)(H,53,58)/t32-,33-,35-,39+,40-,41+,49-/m1/s1. The maximum absolute atomic E-state index is 15.2. The summed E-state index contributed by atoms with van der Waals surface area (Å²) in [5.74, 6) is -1.16. The van der Waals surface area contributed by atoms with Gasteiger partial charge in [-0.15, -0.1) is 6.58 Å². The normalized spacial score (nSPS) is 30.8. The lowest BCUT2D eigenvalue weighted by Crippen LogP contribution is -2.59.